The number of anilines is 1. The van der Waals surface area contributed by atoms with Crippen molar-refractivity contribution in [3.8, 4) is 28.1 Å². The minimum Gasteiger partial charge on any atom is -0.488 e. The topological polar surface area (TPSA) is 88.6 Å². The number of hydrogen-bond acceptors (Lipinski definition) is 6. The van der Waals surface area contributed by atoms with Crippen LogP contribution in [0, 0.1) is 23.5 Å². The fourth-order valence-electron chi connectivity index (χ4n) is 5.46. The minimum absolute atomic E-state index is 0.00216. The molecule has 42 heavy (non-hydrogen) atoms. The third-order valence-electron chi connectivity index (χ3n) is 8.21. The second-order valence-electron chi connectivity index (χ2n) is 11.2. The van der Waals surface area contributed by atoms with Gasteiger partial charge in [-0.05, 0) is 35.6 Å². The second-order valence-corrected chi connectivity index (χ2v) is 11.2. The van der Waals surface area contributed by atoms with E-state index in [9.17, 15) is 9.50 Å². The molecule has 0 saturated carbocycles. The van der Waals surface area contributed by atoms with Crippen LogP contribution in [-0.4, -0.2) is 60.3 Å². The molecule has 0 amide bonds. The molecule has 0 bridgehead atoms. The Morgan fingerprint density at radius 1 is 1.05 bits per heavy atom. The number of pyridine rings is 1. The molecule has 2 aromatic heterocycles. The Kier molecular flexibility index (Phi) is 9.40. The first kappa shape index (κ1) is 29.9. The van der Waals surface area contributed by atoms with E-state index in [0.717, 1.165) is 17.8 Å². The molecule has 0 aliphatic carbocycles. The van der Waals surface area contributed by atoms with E-state index in [2.05, 4.69) is 36.1 Å². The molecule has 3 unspecified atom stereocenters. The van der Waals surface area contributed by atoms with Crippen LogP contribution < -0.4 is 10.1 Å². The number of fused-ring (bicyclic) bond motifs is 1. The fourth-order valence-corrected chi connectivity index (χ4v) is 5.46. The maximum Gasteiger partial charge on any atom is 0.165 e. The summed E-state index contributed by atoms with van der Waals surface area (Å²) in [5.74, 6) is 0.517. The first-order valence-electron chi connectivity index (χ1n) is 14.5. The number of nitrogens with zero attached hydrogens (tertiary/aromatic N) is 1. The number of hydrogen-bond donors (Lipinski definition) is 3. The Labute approximate surface area is 245 Å². The molecule has 4 aromatic rings. The van der Waals surface area contributed by atoms with E-state index < -0.39 is 17.7 Å². The van der Waals surface area contributed by atoms with E-state index in [4.69, 9.17) is 14.2 Å². The molecule has 1 aliphatic heterocycles. The predicted octanol–water partition coefficient (Wildman–Crippen LogP) is 6.81. The van der Waals surface area contributed by atoms with Crippen molar-refractivity contribution in [2.24, 2.45) is 11.8 Å². The summed E-state index contributed by atoms with van der Waals surface area (Å²) in [4.78, 5) is 7.82. The van der Waals surface area contributed by atoms with Crippen LogP contribution in [0.25, 0.3) is 33.4 Å². The monoisotopic (exact) mass is 579 g/mol. The van der Waals surface area contributed by atoms with Gasteiger partial charge >= 0.3 is 0 Å². The van der Waals surface area contributed by atoms with E-state index in [1.807, 2.05) is 18.2 Å². The number of benzene rings is 2. The molecule has 2 aromatic carbocycles. The first-order valence-corrected chi connectivity index (χ1v) is 14.5. The highest BCUT2D eigenvalue weighted by molar-refractivity contribution is 5.83. The van der Waals surface area contributed by atoms with Crippen molar-refractivity contribution in [2.75, 3.05) is 32.2 Å². The van der Waals surface area contributed by atoms with Crippen LogP contribution in [0.2, 0.25) is 0 Å². The number of aromatic amines is 1. The lowest BCUT2D eigenvalue weighted by Gasteiger charge is -2.25. The van der Waals surface area contributed by atoms with Gasteiger partial charge in [-0.15, -0.1) is 0 Å². The summed E-state index contributed by atoms with van der Waals surface area (Å²) >= 11 is 0. The van der Waals surface area contributed by atoms with Gasteiger partial charge in [0.2, 0.25) is 0 Å². The van der Waals surface area contributed by atoms with Crippen LogP contribution in [0.1, 0.15) is 33.6 Å². The van der Waals surface area contributed by atoms with Crippen LogP contribution >= 0.6 is 0 Å². The zero-order chi connectivity index (χ0) is 29.8. The first-order chi connectivity index (χ1) is 20.3. The van der Waals surface area contributed by atoms with Crippen molar-refractivity contribution >= 4 is 16.9 Å². The third kappa shape index (κ3) is 6.59. The number of aliphatic hydroxyl groups is 1. The van der Waals surface area contributed by atoms with Crippen molar-refractivity contribution in [2.45, 2.75) is 51.9 Å². The Hall–Kier alpha value is -3.53. The smallest absolute Gasteiger partial charge is 0.165 e. The Morgan fingerprint density at radius 3 is 2.50 bits per heavy atom. The molecule has 5 rings (SSSR count). The molecule has 7 nitrogen and oxygen atoms in total. The van der Waals surface area contributed by atoms with E-state index in [1.165, 1.54) is 12.1 Å². The van der Waals surface area contributed by atoms with Gasteiger partial charge in [-0.25, -0.2) is 13.8 Å². The molecule has 3 heterocycles. The maximum atomic E-state index is 15.2. The highest BCUT2D eigenvalue weighted by atomic mass is 19.1. The van der Waals surface area contributed by atoms with Crippen LogP contribution in [0.4, 0.5) is 14.6 Å². The van der Waals surface area contributed by atoms with Gasteiger partial charge in [0.25, 0.3) is 0 Å². The van der Waals surface area contributed by atoms with Gasteiger partial charge in [0.15, 0.2) is 17.4 Å². The van der Waals surface area contributed by atoms with E-state index in [1.54, 1.807) is 31.4 Å². The predicted molar refractivity (Wildman–Crippen MR) is 161 cm³/mol. The van der Waals surface area contributed by atoms with Crippen molar-refractivity contribution in [1.29, 1.82) is 0 Å². The number of aromatic nitrogens is 2. The summed E-state index contributed by atoms with van der Waals surface area (Å²) in [7, 11) is 1.56. The summed E-state index contributed by atoms with van der Waals surface area (Å²) < 4.78 is 46.0. The standard InChI is InChI=1S/C33H39F2N3O4/c1-5-19(2)14-29(39)33-20(3)28(18-42-33)37-31-17-27-26(36-31)16-25(35)32(38-27)22-8-6-21(7-9-22)23-10-11-30(24(34)15-23)41-13-12-40-4/h6-11,15-17,19-20,28-29,33,36-37,39H,5,12-14,18H2,1-4H3/t19?,20-,28?,29?,33+/m1/s1. The van der Waals surface area contributed by atoms with E-state index in [0.29, 0.717) is 47.7 Å². The molecular weight excluding hydrogens is 540 g/mol. The molecule has 1 aliphatic rings. The van der Waals surface area contributed by atoms with Gasteiger partial charge in [0.05, 0.1) is 42.5 Å². The number of methoxy groups -OCH3 is 1. The molecule has 9 heteroatoms. The Bertz CT molecular complexity index is 1490. The van der Waals surface area contributed by atoms with E-state index in [-0.39, 0.29) is 36.1 Å². The number of H-pyrrole nitrogens is 1. The highest BCUT2D eigenvalue weighted by Crippen LogP contribution is 2.32. The summed E-state index contributed by atoms with van der Waals surface area (Å²) in [5.41, 5.74) is 3.53. The molecule has 1 fully saturated rings. The minimum atomic E-state index is -0.507. The third-order valence-corrected chi connectivity index (χ3v) is 8.21. The van der Waals surface area contributed by atoms with Crippen LogP contribution in [-0.2, 0) is 9.47 Å². The summed E-state index contributed by atoms with van der Waals surface area (Å²) in [6, 6.07) is 15.3. The van der Waals surface area contributed by atoms with Crippen LogP contribution in [0.3, 0.4) is 0 Å². The maximum absolute atomic E-state index is 15.2. The zero-order valence-electron chi connectivity index (χ0n) is 24.5. The average molecular weight is 580 g/mol. The average Bonchev–Trinajstić information content (AvgIpc) is 3.55. The fraction of sp³-hybridized carbons (Fsp3) is 0.424. The van der Waals surface area contributed by atoms with Crippen molar-refractivity contribution in [3.05, 3.63) is 66.2 Å². The van der Waals surface area contributed by atoms with Gasteiger partial charge in [-0.1, -0.05) is 57.5 Å². The molecule has 3 N–H and O–H groups in total. The number of aliphatic hydroxyl groups excluding tert-OH is 1. The molecule has 1 saturated heterocycles. The van der Waals surface area contributed by atoms with Crippen LogP contribution in [0.5, 0.6) is 5.75 Å². The summed E-state index contributed by atoms with van der Waals surface area (Å²) in [5, 5.41) is 14.2. The number of nitrogens with one attached hydrogen (secondary N) is 2. The van der Waals surface area contributed by atoms with Crippen molar-refractivity contribution in [1.82, 2.24) is 9.97 Å². The van der Waals surface area contributed by atoms with Gasteiger partial charge in [0.1, 0.15) is 18.1 Å². The number of halogens is 2. The SMILES string of the molecule is CCC(C)CC(O)[C@H]1OCC(Nc2cc3nc(-c4ccc(-c5ccc(OCCOC)c(F)c5)cc4)c(F)cc3[nH]2)[C@H]1C. The quantitative estimate of drug-likeness (QED) is 0.160. The molecule has 5 atom stereocenters. The zero-order valence-corrected chi connectivity index (χ0v) is 24.5. The Morgan fingerprint density at radius 2 is 1.79 bits per heavy atom. The normalized spacial score (nSPS) is 20.1. The van der Waals surface area contributed by atoms with Gasteiger partial charge in [-0.3, -0.25) is 0 Å². The molecule has 224 valence electrons. The van der Waals surface area contributed by atoms with Gasteiger partial charge in [0, 0.05) is 30.7 Å². The highest BCUT2D eigenvalue weighted by Gasteiger charge is 2.38. The number of rotatable bonds is 12. The lowest BCUT2D eigenvalue weighted by atomic mass is 9.90. The van der Waals surface area contributed by atoms with Crippen molar-refractivity contribution < 1.29 is 28.1 Å². The summed E-state index contributed by atoms with van der Waals surface area (Å²) in [6.45, 7) is 7.46. The lowest BCUT2D eigenvalue weighted by molar-refractivity contribution is -0.0264. The lowest BCUT2D eigenvalue weighted by Crippen LogP contribution is -2.36. The molecule has 0 spiro atoms. The second kappa shape index (κ2) is 13.2. The van der Waals surface area contributed by atoms with Crippen LogP contribution in [0.15, 0.2) is 54.6 Å². The number of ether oxygens (including phenoxy) is 3. The molecular formula is C33H39F2N3O4. The largest absolute Gasteiger partial charge is 0.488 e. The van der Waals surface area contributed by atoms with E-state index >= 15 is 4.39 Å². The van der Waals surface area contributed by atoms with Crippen molar-refractivity contribution in [3.63, 3.8) is 0 Å². The molecule has 0 radical (unpaired) electrons. The Balaban J connectivity index is 1.28. The van der Waals surface area contributed by atoms with Gasteiger partial charge < -0.3 is 29.6 Å². The summed E-state index contributed by atoms with van der Waals surface area (Å²) in [6.07, 6.45) is 0.997. The van der Waals surface area contributed by atoms with Gasteiger partial charge in [-0.2, -0.15) is 0 Å².